The topological polar surface area (TPSA) is 35.5 Å². The number of hydrogen-bond acceptors (Lipinski definition) is 3. The second-order valence-corrected chi connectivity index (χ2v) is 6.14. The number of rotatable bonds is 7. The molecule has 1 heterocycles. The Morgan fingerprint density at radius 1 is 1.24 bits per heavy atom. The van der Waals surface area contributed by atoms with Crippen molar-refractivity contribution in [2.75, 3.05) is 26.2 Å². The Morgan fingerprint density at radius 2 is 1.94 bits per heavy atom. The van der Waals surface area contributed by atoms with Crippen molar-refractivity contribution in [3.8, 4) is 0 Å². The van der Waals surface area contributed by atoms with Gasteiger partial charge in [-0.25, -0.2) is 0 Å². The van der Waals surface area contributed by atoms with Gasteiger partial charge in [-0.2, -0.15) is 0 Å². The maximum absolute atomic E-state index is 9.52. The van der Waals surface area contributed by atoms with Crippen molar-refractivity contribution in [3.63, 3.8) is 0 Å². The van der Waals surface area contributed by atoms with Crippen molar-refractivity contribution >= 4 is 0 Å². The van der Waals surface area contributed by atoms with Crippen LogP contribution >= 0.6 is 0 Å². The van der Waals surface area contributed by atoms with Gasteiger partial charge in [0, 0.05) is 11.6 Å². The van der Waals surface area contributed by atoms with Gasteiger partial charge in [0.25, 0.3) is 0 Å². The number of piperidine rings is 1. The normalized spacial score (nSPS) is 25.8. The molecule has 17 heavy (non-hydrogen) atoms. The van der Waals surface area contributed by atoms with Crippen LogP contribution in [-0.4, -0.2) is 47.8 Å². The van der Waals surface area contributed by atoms with E-state index in [1.54, 1.807) is 0 Å². The summed E-state index contributed by atoms with van der Waals surface area (Å²) in [6.07, 6.45) is 9.04. The predicted octanol–water partition coefficient (Wildman–Crippen LogP) is 1.76. The van der Waals surface area contributed by atoms with Gasteiger partial charge in [-0.05, 0) is 65.1 Å². The number of nitrogens with zero attached hydrogens (tertiary/aromatic N) is 1. The molecule has 2 N–H and O–H groups in total. The van der Waals surface area contributed by atoms with E-state index in [4.69, 9.17) is 0 Å². The van der Waals surface area contributed by atoms with Crippen LogP contribution in [0.15, 0.2) is 0 Å². The second kappa shape index (κ2) is 6.17. The average Bonchev–Trinajstić information content (AvgIpc) is 3.14. The van der Waals surface area contributed by atoms with Crippen LogP contribution < -0.4 is 5.32 Å². The molecule has 0 amide bonds. The third kappa shape index (κ3) is 4.57. The molecular weight excluding hydrogens is 212 g/mol. The molecule has 1 unspecified atom stereocenters. The third-order valence-electron chi connectivity index (χ3n) is 4.13. The molecule has 2 rings (SSSR count). The number of nitrogens with one attached hydrogen (secondary N) is 1. The van der Waals surface area contributed by atoms with E-state index in [1.165, 1.54) is 58.2 Å². The molecule has 1 saturated carbocycles. The summed E-state index contributed by atoms with van der Waals surface area (Å²) in [7, 11) is 0. The first-order chi connectivity index (χ1) is 8.22. The first-order valence-corrected chi connectivity index (χ1v) is 7.33. The summed E-state index contributed by atoms with van der Waals surface area (Å²) in [6.45, 7) is 6.21. The van der Waals surface area contributed by atoms with Crippen molar-refractivity contribution in [2.45, 2.75) is 63.5 Å². The monoisotopic (exact) mass is 240 g/mol. The quantitative estimate of drug-likeness (QED) is 0.712. The Labute approximate surface area is 106 Å². The highest BCUT2D eigenvalue weighted by Crippen LogP contribution is 2.24. The fourth-order valence-corrected chi connectivity index (χ4v) is 2.79. The van der Waals surface area contributed by atoms with E-state index in [0.29, 0.717) is 6.04 Å². The van der Waals surface area contributed by atoms with Crippen LogP contribution in [0.2, 0.25) is 0 Å². The van der Waals surface area contributed by atoms with Crippen LogP contribution in [0.1, 0.15) is 51.9 Å². The predicted molar refractivity (Wildman–Crippen MR) is 71.2 cm³/mol. The molecule has 1 atom stereocenters. The van der Waals surface area contributed by atoms with Crippen molar-refractivity contribution in [1.82, 2.24) is 10.2 Å². The molecule has 1 aliphatic carbocycles. The van der Waals surface area contributed by atoms with E-state index in [1.807, 2.05) is 0 Å². The minimum absolute atomic E-state index is 0.0447. The average molecular weight is 240 g/mol. The highest BCUT2D eigenvalue weighted by molar-refractivity contribution is 4.92. The van der Waals surface area contributed by atoms with Gasteiger partial charge in [-0.3, -0.25) is 0 Å². The van der Waals surface area contributed by atoms with E-state index >= 15 is 0 Å². The summed E-state index contributed by atoms with van der Waals surface area (Å²) >= 11 is 0. The van der Waals surface area contributed by atoms with Gasteiger partial charge in [0.05, 0.1) is 6.61 Å². The number of likely N-dealkylation sites (tertiary alicyclic amines) is 1. The molecule has 3 nitrogen and oxygen atoms in total. The molecule has 2 fully saturated rings. The Bertz CT molecular complexity index is 224. The fraction of sp³-hybridized carbons (Fsp3) is 1.00. The van der Waals surface area contributed by atoms with Gasteiger partial charge in [-0.15, -0.1) is 0 Å². The van der Waals surface area contributed by atoms with Crippen LogP contribution in [0.5, 0.6) is 0 Å². The van der Waals surface area contributed by atoms with Crippen LogP contribution in [0.4, 0.5) is 0 Å². The molecule has 0 aromatic heterocycles. The highest BCUT2D eigenvalue weighted by Gasteiger charge is 2.31. The lowest BCUT2D eigenvalue weighted by Crippen LogP contribution is -2.47. The minimum Gasteiger partial charge on any atom is -0.394 e. The Kier molecular flexibility index (Phi) is 4.83. The van der Waals surface area contributed by atoms with Gasteiger partial charge < -0.3 is 15.3 Å². The largest absolute Gasteiger partial charge is 0.394 e. The van der Waals surface area contributed by atoms with E-state index in [9.17, 15) is 5.11 Å². The van der Waals surface area contributed by atoms with Crippen molar-refractivity contribution in [3.05, 3.63) is 0 Å². The van der Waals surface area contributed by atoms with Crippen LogP contribution in [0.25, 0.3) is 0 Å². The van der Waals surface area contributed by atoms with Gasteiger partial charge >= 0.3 is 0 Å². The van der Waals surface area contributed by atoms with Gasteiger partial charge in [0.2, 0.25) is 0 Å². The molecule has 0 aromatic carbocycles. The van der Waals surface area contributed by atoms with Crippen molar-refractivity contribution in [2.24, 2.45) is 0 Å². The number of hydrogen-bond donors (Lipinski definition) is 2. The maximum Gasteiger partial charge on any atom is 0.0610 e. The SMILES string of the molecule is CC(CO)(CCCN1CCCCC1)NC1CC1. The first-order valence-electron chi connectivity index (χ1n) is 7.33. The molecule has 0 spiro atoms. The minimum atomic E-state index is -0.0447. The van der Waals surface area contributed by atoms with Crippen molar-refractivity contribution in [1.29, 1.82) is 0 Å². The molecule has 0 bridgehead atoms. The highest BCUT2D eigenvalue weighted by atomic mass is 16.3. The van der Waals surface area contributed by atoms with Gasteiger partial charge in [-0.1, -0.05) is 6.42 Å². The summed E-state index contributed by atoms with van der Waals surface area (Å²) in [6, 6.07) is 0.683. The zero-order chi connectivity index (χ0) is 12.1. The summed E-state index contributed by atoms with van der Waals surface area (Å²) in [4.78, 5) is 2.58. The van der Waals surface area contributed by atoms with Crippen molar-refractivity contribution < 1.29 is 5.11 Å². The molecule has 1 aliphatic heterocycles. The zero-order valence-corrected chi connectivity index (χ0v) is 11.2. The fourth-order valence-electron chi connectivity index (χ4n) is 2.79. The third-order valence-corrected chi connectivity index (χ3v) is 4.13. The molecule has 3 heteroatoms. The first kappa shape index (κ1) is 13.3. The van der Waals surface area contributed by atoms with Gasteiger partial charge in [0.15, 0.2) is 0 Å². The number of aliphatic hydroxyl groups is 1. The Hall–Kier alpha value is -0.120. The summed E-state index contributed by atoms with van der Waals surface area (Å²) in [5.41, 5.74) is -0.0447. The summed E-state index contributed by atoms with van der Waals surface area (Å²) in [5.74, 6) is 0. The molecule has 2 aliphatic rings. The van der Waals surface area contributed by atoms with Crippen LogP contribution in [-0.2, 0) is 0 Å². The Balaban J connectivity index is 1.64. The Morgan fingerprint density at radius 3 is 2.53 bits per heavy atom. The molecule has 100 valence electrons. The maximum atomic E-state index is 9.52. The van der Waals surface area contributed by atoms with E-state index < -0.39 is 0 Å². The number of aliphatic hydroxyl groups excluding tert-OH is 1. The van der Waals surface area contributed by atoms with Gasteiger partial charge in [0.1, 0.15) is 0 Å². The second-order valence-electron chi connectivity index (χ2n) is 6.14. The smallest absolute Gasteiger partial charge is 0.0610 e. The molecule has 0 aromatic rings. The lowest BCUT2D eigenvalue weighted by atomic mass is 9.96. The van der Waals surface area contributed by atoms with E-state index in [0.717, 1.165) is 6.42 Å². The van der Waals surface area contributed by atoms with E-state index in [2.05, 4.69) is 17.1 Å². The van der Waals surface area contributed by atoms with E-state index in [-0.39, 0.29) is 12.1 Å². The summed E-state index contributed by atoms with van der Waals surface area (Å²) < 4.78 is 0. The molecule has 1 saturated heterocycles. The molecule has 0 radical (unpaired) electrons. The lowest BCUT2D eigenvalue weighted by Gasteiger charge is -2.31. The zero-order valence-electron chi connectivity index (χ0n) is 11.2. The lowest BCUT2D eigenvalue weighted by molar-refractivity contribution is 0.151. The summed E-state index contributed by atoms with van der Waals surface area (Å²) in [5, 5.41) is 13.1. The standard InChI is InChI=1S/C14H28N2O/c1-14(12-17,15-13-6-7-13)8-5-11-16-9-3-2-4-10-16/h13,15,17H,2-12H2,1H3. The van der Waals surface area contributed by atoms with Crippen LogP contribution in [0.3, 0.4) is 0 Å². The van der Waals surface area contributed by atoms with Crippen LogP contribution in [0, 0.1) is 0 Å². The molecular formula is C14H28N2O.